The standard InChI is InChI=1S/C16H22FNO2/c1-3-20-16(19)10-12-6-7-18-15(9-12)14-5-4-13(17)8-11(14)2/h4-5,8,12,15,18H,3,6-7,9-10H2,1-2H3/t12-,15+/m1/s1. The Morgan fingerprint density at radius 3 is 3.00 bits per heavy atom. The normalized spacial score (nSPS) is 22.6. The Labute approximate surface area is 119 Å². The Balaban J connectivity index is 2.01. The van der Waals surface area contributed by atoms with Crippen LogP contribution in [-0.2, 0) is 9.53 Å². The van der Waals surface area contributed by atoms with Crippen LogP contribution >= 0.6 is 0 Å². The van der Waals surface area contributed by atoms with Crippen LogP contribution in [0.5, 0.6) is 0 Å². The summed E-state index contributed by atoms with van der Waals surface area (Å²) in [6.07, 6.45) is 2.35. The summed E-state index contributed by atoms with van der Waals surface area (Å²) < 4.78 is 18.2. The zero-order valence-corrected chi connectivity index (χ0v) is 12.1. The fraction of sp³-hybridized carbons (Fsp3) is 0.562. The molecule has 0 unspecified atom stereocenters. The second-order valence-electron chi connectivity index (χ2n) is 5.41. The monoisotopic (exact) mass is 279 g/mol. The number of rotatable bonds is 4. The van der Waals surface area contributed by atoms with Crippen molar-refractivity contribution in [3.8, 4) is 0 Å². The minimum absolute atomic E-state index is 0.117. The van der Waals surface area contributed by atoms with Crippen LogP contribution in [-0.4, -0.2) is 19.1 Å². The molecule has 0 saturated carbocycles. The van der Waals surface area contributed by atoms with Gasteiger partial charge < -0.3 is 10.1 Å². The third-order valence-electron chi connectivity index (χ3n) is 3.88. The molecule has 1 aliphatic heterocycles. The van der Waals surface area contributed by atoms with E-state index in [9.17, 15) is 9.18 Å². The topological polar surface area (TPSA) is 38.3 Å². The van der Waals surface area contributed by atoms with Gasteiger partial charge in [0.05, 0.1) is 6.61 Å². The highest BCUT2D eigenvalue weighted by Gasteiger charge is 2.25. The largest absolute Gasteiger partial charge is 0.466 e. The maximum atomic E-state index is 13.2. The Kier molecular flexibility index (Phi) is 5.12. The lowest BCUT2D eigenvalue weighted by Gasteiger charge is -2.31. The summed E-state index contributed by atoms with van der Waals surface area (Å²) >= 11 is 0. The molecule has 1 aromatic rings. The van der Waals surface area contributed by atoms with Crippen LogP contribution in [0.3, 0.4) is 0 Å². The number of piperidine rings is 1. The number of nitrogens with one attached hydrogen (secondary N) is 1. The fourth-order valence-electron chi connectivity index (χ4n) is 2.90. The average molecular weight is 279 g/mol. The molecular weight excluding hydrogens is 257 g/mol. The molecule has 20 heavy (non-hydrogen) atoms. The number of halogens is 1. The van der Waals surface area contributed by atoms with Crippen LogP contribution in [0.25, 0.3) is 0 Å². The van der Waals surface area contributed by atoms with E-state index in [2.05, 4.69) is 5.32 Å². The van der Waals surface area contributed by atoms with E-state index in [4.69, 9.17) is 4.74 Å². The van der Waals surface area contributed by atoms with Gasteiger partial charge in [0.1, 0.15) is 5.82 Å². The van der Waals surface area contributed by atoms with Crippen molar-refractivity contribution in [3.63, 3.8) is 0 Å². The predicted octanol–water partition coefficient (Wildman–Crippen LogP) is 3.13. The van der Waals surface area contributed by atoms with Gasteiger partial charge in [-0.2, -0.15) is 0 Å². The molecule has 110 valence electrons. The number of benzene rings is 1. The first-order valence-electron chi connectivity index (χ1n) is 7.25. The lowest BCUT2D eigenvalue weighted by Crippen LogP contribution is -2.33. The van der Waals surface area contributed by atoms with E-state index in [1.165, 1.54) is 6.07 Å². The molecule has 0 aromatic heterocycles. The lowest BCUT2D eigenvalue weighted by atomic mass is 9.85. The minimum atomic E-state index is -0.204. The number of ether oxygens (including phenoxy) is 1. The Hall–Kier alpha value is -1.42. The summed E-state index contributed by atoms with van der Waals surface area (Å²) in [7, 11) is 0. The lowest BCUT2D eigenvalue weighted by molar-refractivity contribution is -0.144. The van der Waals surface area contributed by atoms with Crippen LogP contribution < -0.4 is 5.32 Å². The van der Waals surface area contributed by atoms with Crippen LogP contribution in [0.1, 0.15) is 43.4 Å². The molecule has 0 spiro atoms. The van der Waals surface area contributed by atoms with Crippen molar-refractivity contribution >= 4 is 5.97 Å². The van der Waals surface area contributed by atoms with Gasteiger partial charge in [-0.3, -0.25) is 4.79 Å². The molecule has 0 amide bonds. The molecule has 1 N–H and O–H groups in total. The summed E-state index contributed by atoms with van der Waals surface area (Å²) in [5.41, 5.74) is 2.08. The van der Waals surface area contributed by atoms with E-state index >= 15 is 0 Å². The van der Waals surface area contributed by atoms with Gasteiger partial charge in [-0.25, -0.2) is 4.39 Å². The van der Waals surface area contributed by atoms with Gasteiger partial charge in [0.2, 0.25) is 0 Å². The van der Waals surface area contributed by atoms with E-state index < -0.39 is 0 Å². The number of aryl methyl sites for hydroxylation is 1. The fourth-order valence-corrected chi connectivity index (χ4v) is 2.90. The summed E-state index contributed by atoms with van der Waals surface area (Å²) in [6, 6.07) is 5.10. The van der Waals surface area contributed by atoms with Gasteiger partial charge in [0, 0.05) is 12.5 Å². The SMILES string of the molecule is CCOC(=O)C[C@@H]1CCN[C@H](c2ccc(F)cc2C)C1. The van der Waals surface area contributed by atoms with Gasteiger partial charge in [-0.1, -0.05) is 6.07 Å². The molecule has 3 nitrogen and oxygen atoms in total. The Bertz CT molecular complexity index is 476. The number of hydrogen-bond acceptors (Lipinski definition) is 3. The molecule has 0 bridgehead atoms. The Morgan fingerprint density at radius 2 is 2.30 bits per heavy atom. The predicted molar refractivity (Wildman–Crippen MR) is 75.9 cm³/mol. The van der Waals surface area contributed by atoms with E-state index in [0.29, 0.717) is 18.9 Å². The second-order valence-corrected chi connectivity index (χ2v) is 5.41. The third-order valence-corrected chi connectivity index (χ3v) is 3.88. The van der Waals surface area contributed by atoms with Gasteiger partial charge in [0.15, 0.2) is 0 Å². The molecule has 0 radical (unpaired) electrons. The third kappa shape index (κ3) is 3.79. The van der Waals surface area contributed by atoms with Crippen LogP contribution in [0.2, 0.25) is 0 Å². The molecule has 1 aliphatic rings. The second kappa shape index (κ2) is 6.84. The maximum Gasteiger partial charge on any atom is 0.306 e. The first-order chi connectivity index (χ1) is 9.60. The van der Waals surface area contributed by atoms with Crippen molar-refractivity contribution < 1.29 is 13.9 Å². The van der Waals surface area contributed by atoms with E-state index in [-0.39, 0.29) is 17.8 Å². The summed E-state index contributed by atoms with van der Waals surface area (Å²) in [5.74, 6) is 0.0175. The zero-order valence-electron chi connectivity index (χ0n) is 12.1. The summed E-state index contributed by atoms with van der Waals surface area (Å²) in [6.45, 7) is 5.07. The summed E-state index contributed by atoms with van der Waals surface area (Å²) in [5, 5.41) is 3.46. The van der Waals surface area contributed by atoms with E-state index in [1.54, 1.807) is 6.07 Å². The van der Waals surface area contributed by atoms with Crippen LogP contribution in [0.4, 0.5) is 4.39 Å². The van der Waals surface area contributed by atoms with Crippen molar-refractivity contribution in [2.24, 2.45) is 5.92 Å². The number of hydrogen-bond donors (Lipinski definition) is 1. The molecular formula is C16H22FNO2. The highest BCUT2D eigenvalue weighted by molar-refractivity contribution is 5.69. The van der Waals surface area contributed by atoms with Crippen molar-refractivity contribution in [1.29, 1.82) is 0 Å². The average Bonchev–Trinajstić information content (AvgIpc) is 2.39. The quantitative estimate of drug-likeness (QED) is 0.861. The van der Waals surface area contributed by atoms with Crippen molar-refractivity contribution in [3.05, 3.63) is 35.1 Å². The number of esters is 1. The van der Waals surface area contributed by atoms with E-state index in [1.807, 2.05) is 19.9 Å². The number of carbonyl (C=O) groups is 1. The smallest absolute Gasteiger partial charge is 0.306 e. The highest BCUT2D eigenvalue weighted by Crippen LogP contribution is 2.31. The van der Waals surface area contributed by atoms with Crippen LogP contribution in [0, 0.1) is 18.7 Å². The molecule has 0 aliphatic carbocycles. The zero-order chi connectivity index (χ0) is 14.5. The first kappa shape index (κ1) is 15.0. The van der Waals surface area contributed by atoms with Crippen molar-refractivity contribution in [2.45, 2.75) is 39.2 Å². The summed E-state index contributed by atoms with van der Waals surface area (Å²) in [4.78, 5) is 11.6. The molecule has 2 atom stereocenters. The number of carbonyl (C=O) groups excluding carboxylic acids is 1. The molecule has 2 rings (SSSR count). The van der Waals surface area contributed by atoms with Crippen molar-refractivity contribution in [1.82, 2.24) is 5.32 Å². The Morgan fingerprint density at radius 1 is 1.50 bits per heavy atom. The molecule has 1 saturated heterocycles. The van der Waals surface area contributed by atoms with Gasteiger partial charge in [-0.05, 0) is 62.4 Å². The van der Waals surface area contributed by atoms with Gasteiger partial charge in [-0.15, -0.1) is 0 Å². The maximum absolute atomic E-state index is 13.2. The highest BCUT2D eigenvalue weighted by atomic mass is 19.1. The van der Waals surface area contributed by atoms with Crippen LogP contribution in [0.15, 0.2) is 18.2 Å². The molecule has 1 aromatic carbocycles. The van der Waals surface area contributed by atoms with E-state index in [0.717, 1.165) is 30.5 Å². The molecule has 1 heterocycles. The first-order valence-corrected chi connectivity index (χ1v) is 7.25. The molecule has 1 fully saturated rings. The minimum Gasteiger partial charge on any atom is -0.466 e. The molecule has 4 heteroatoms. The van der Waals surface area contributed by atoms with Gasteiger partial charge in [0.25, 0.3) is 0 Å². The van der Waals surface area contributed by atoms with Gasteiger partial charge >= 0.3 is 5.97 Å². The van der Waals surface area contributed by atoms with Crippen molar-refractivity contribution in [2.75, 3.05) is 13.2 Å².